The number of fused-ring (bicyclic) bond motifs is 12. The van der Waals surface area contributed by atoms with E-state index in [-0.39, 0.29) is 16.2 Å². The summed E-state index contributed by atoms with van der Waals surface area (Å²) in [4.78, 5) is 5.00. The van der Waals surface area contributed by atoms with Crippen LogP contribution in [0.5, 0.6) is 11.5 Å². The second kappa shape index (κ2) is 11.3. The number of ether oxygens (including phenoxy) is 1. The number of nitrogens with zero attached hydrogens (tertiary/aromatic N) is 2. The molecule has 280 valence electrons. The molecule has 2 aliphatic carbocycles. The summed E-state index contributed by atoms with van der Waals surface area (Å²) in [7, 11) is 0. The number of para-hydroxylation sites is 1. The molecule has 0 bridgehead atoms. The molecular formula is C55H44N2O. The van der Waals surface area contributed by atoms with Crippen molar-refractivity contribution in [2.45, 2.75) is 57.8 Å². The topological polar surface area (TPSA) is 15.7 Å². The molecule has 0 fully saturated rings. The molecule has 0 atom stereocenters. The van der Waals surface area contributed by atoms with Crippen molar-refractivity contribution in [3.63, 3.8) is 0 Å². The highest BCUT2D eigenvalue weighted by molar-refractivity contribution is 6.06. The molecule has 0 N–H and O–H groups in total. The molecule has 4 aliphatic rings. The second-order valence-electron chi connectivity index (χ2n) is 18.2. The third-order valence-electron chi connectivity index (χ3n) is 14.0. The Morgan fingerprint density at radius 1 is 0.397 bits per heavy atom. The molecule has 2 aliphatic heterocycles. The van der Waals surface area contributed by atoms with Gasteiger partial charge >= 0.3 is 0 Å². The van der Waals surface area contributed by atoms with Crippen LogP contribution in [-0.4, -0.2) is 0 Å². The largest absolute Gasteiger partial charge is 0.453 e. The van der Waals surface area contributed by atoms with Gasteiger partial charge in [0.25, 0.3) is 0 Å². The third-order valence-corrected chi connectivity index (χ3v) is 14.0. The molecule has 2 heterocycles. The summed E-state index contributed by atoms with van der Waals surface area (Å²) in [6.07, 6.45) is 0. The number of hydrogen-bond acceptors (Lipinski definition) is 3. The van der Waals surface area contributed by atoms with Gasteiger partial charge in [0.15, 0.2) is 11.5 Å². The van der Waals surface area contributed by atoms with Crippen molar-refractivity contribution in [1.82, 2.24) is 0 Å². The van der Waals surface area contributed by atoms with Crippen LogP contribution in [-0.2, 0) is 16.2 Å². The summed E-state index contributed by atoms with van der Waals surface area (Å²) >= 11 is 0. The summed E-state index contributed by atoms with van der Waals surface area (Å²) in [6, 6.07) is 58.8. The zero-order valence-electron chi connectivity index (χ0n) is 33.8. The Morgan fingerprint density at radius 3 is 1.59 bits per heavy atom. The van der Waals surface area contributed by atoms with Gasteiger partial charge in [-0.05, 0) is 110 Å². The van der Waals surface area contributed by atoms with Gasteiger partial charge in [-0.2, -0.15) is 0 Å². The second-order valence-corrected chi connectivity index (χ2v) is 18.2. The molecule has 0 radical (unpaired) electrons. The van der Waals surface area contributed by atoms with Crippen molar-refractivity contribution < 1.29 is 4.74 Å². The van der Waals surface area contributed by atoms with Gasteiger partial charge in [0, 0.05) is 38.7 Å². The number of anilines is 6. The van der Waals surface area contributed by atoms with Gasteiger partial charge in [-0.25, -0.2) is 0 Å². The van der Waals surface area contributed by atoms with Crippen LogP contribution >= 0.6 is 0 Å². The van der Waals surface area contributed by atoms with Crippen molar-refractivity contribution in [3.8, 4) is 33.8 Å². The van der Waals surface area contributed by atoms with Gasteiger partial charge in [0.05, 0.1) is 17.1 Å². The molecule has 3 heteroatoms. The van der Waals surface area contributed by atoms with E-state index < -0.39 is 0 Å². The lowest BCUT2D eigenvalue weighted by atomic mass is 9.73. The Balaban J connectivity index is 1.11. The highest BCUT2D eigenvalue weighted by Gasteiger charge is 2.43. The summed E-state index contributed by atoms with van der Waals surface area (Å²) in [6.45, 7) is 14.2. The smallest absolute Gasteiger partial charge is 0.152 e. The van der Waals surface area contributed by atoms with Crippen LogP contribution in [0.25, 0.3) is 33.0 Å². The zero-order valence-corrected chi connectivity index (χ0v) is 33.8. The average molecular weight is 749 g/mol. The summed E-state index contributed by atoms with van der Waals surface area (Å²) in [5.74, 6) is 1.76. The summed E-state index contributed by atoms with van der Waals surface area (Å²) < 4.78 is 6.78. The molecule has 0 spiro atoms. The summed E-state index contributed by atoms with van der Waals surface area (Å²) in [5, 5.41) is 2.37. The Hall–Kier alpha value is -6.58. The van der Waals surface area contributed by atoms with E-state index in [0.717, 1.165) is 39.9 Å². The molecule has 0 aromatic heterocycles. The maximum Gasteiger partial charge on any atom is 0.152 e. The van der Waals surface area contributed by atoms with E-state index >= 15 is 0 Å². The van der Waals surface area contributed by atoms with Crippen molar-refractivity contribution in [3.05, 3.63) is 191 Å². The molecule has 3 nitrogen and oxygen atoms in total. The monoisotopic (exact) mass is 748 g/mol. The highest BCUT2D eigenvalue weighted by atomic mass is 16.5. The Bertz CT molecular complexity index is 2990. The maximum absolute atomic E-state index is 6.78. The molecule has 8 aromatic carbocycles. The van der Waals surface area contributed by atoms with Gasteiger partial charge in [0.1, 0.15) is 0 Å². The van der Waals surface area contributed by atoms with Gasteiger partial charge in [-0.1, -0.05) is 151 Å². The van der Waals surface area contributed by atoms with Gasteiger partial charge in [-0.3, -0.25) is 0 Å². The van der Waals surface area contributed by atoms with E-state index in [1.165, 1.54) is 72.1 Å². The fraction of sp³-hybridized carbons (Fsp3) is 0.164. The van der Waals surface area contributed by atoms with Crippen molar-refractivity contribution >= 4 is 44.9 Å². The lowest BCUT2D eigenvalue weighted by Gasteiger charge is -2.45. The lowest BCUT2D eigenvalue weighted by Crippen LogP contribution is -2.32. The van der Waals surface area contributed by atoms with Gasteiger partial charge in [0.2, 0.25) is 0 Å². The number of benzene rings is 8. The molecule has 0 unspecified atom stereocenters. The van der Waals surface area contributed by atoms with Crippen LogP contribution in [0.4, 0.5) is 34.1 Å². The molecule has 12 rings (SSSR count). The SMILES string of the molecule is CC1(C)c2ccccc2-c2ccc(N(c3ccc4c(c3)N3c5c(cccc5C4(C)C)Oc4ccc5ccccc5c43)c3ccc4c(c3)C(C)(C)c3ccccc3-4)cc21. The van der Waals surface area contributed by atoms with Crippen LogP contribution in [0.2, 0.25) is 0 Å². The Kier molecular flexibility index (Phi) is 6.53. The Morgan fingerprint density at radius 2 is 0.914 bits per heavy atom. The van der Waals surface area contributed by atoms with Crippen LogP contribution in [0.1, 0.15) is 74.9 Å². The molecular weight excluding hydrogens is 705 g/mol. The third kappa shape index (κ3) is 4.29. The van der Waals surface area contributed by atoms with Crippen LogP contribution in [0, 0.1) is 0 Å². The fourth-order valence-electron chi connectivity index (χ4n) is 11.0. The first-order valence-electron chi connectivity index (χ1n) is 20.6. The van der Waals surface area contributed by atoms with Crippen LogP contribution < -0.4 is 14.5 Å². The number of hydrogen-bond donors (Lipinski definition) is 0. The van der Waals surface area contributed by atoms with Crippen molar-refractivity contribution in [1.29, 1.82) is 0 Å². The van der Waals surface area contributed by atoms with E-state index in [0.29, 0.717) is 0 Å². The highest BCUT2D eigenvalue weighted by Crippen LogP contribution is 2.62. The van der Waals surface area contributed by atoms with Gasteiger partial charge in [-0.15, -0.1) is 0 Å². The predicted molar refractivity (Wildman–Crippen MR) is 241 cm³/mol. The van der Waals surface area contributed by atoms with E-state index in [4.69, 9.17) is 4.74 Å². The zero-order chi connectivity index (χ0) is 39.3. The lowest BCUT2D eigenvalue weighted by molar-refractivity contribution is 0.472. The van der Waals surface area contributed by atoms with E-state index in [1.807, 2.05) is 0 Å². The molecule has 0 saturated carbocycles. The molecule has 0 amide bonds. The van der Waals surface area contributed by atoms with Crippen LogP contribution in [0.3, 0.4) is 0 Å². The van der Waals surface area contributed by atoms with Gasteiger partial charge < -0.3 is 14.5 Å². The van der Waals surface area contributed by atoms with Crippen molar-refractivity contribution in [2.75, 3.05) is 9.80 Å². The Labute approximate surface area is 340 Å². The summed E-state index contributed by atoms with van der Waals surface area (Å²) in [5.41, 5.74) is 19.6. The minimum Gasteiger partial charge on any atom is -0.453 e. The number of rotatable bonds is 3. The van der Waals surface area contributed by atoms with E-state index in [9.17, 15) is 0 Å². The molecule has 58 heavy (non-hydrogen) atoms. The van der Waals surface area contributed by atoms with Crippen LogP contribution in [0.15, 0.2) is 158 Å². The first-order chi connectivity index (χ1) is 28.0. The van der Waals surface area contributed by atoms with Crippen molar-refractivity contribution in [2.24, 2.45) is 0 Å². The maximum atomic E-state index is 6.78. The molecule has 8 aromatic rings. The van der Waals surface area contributed by atoms with E-state index in [2.05, 4.69) is 209 Å². The standard InChI is InChI=1S/C55H44N2O/c1-53(2)42-18-11-9-16-38(42)40-26-23-34(30-46(40)53)56(35-24-27-41-39-17-10-12-19-43(39)54(3,4)47(41)31-35)36-25-28-44-48(32-36)57-51-37-15-8-7-14-33(37)22-29-50(51)58-49-21-13-20-45(52(49)57)55(44,5)6/h7-32H,1-6H3. The first kappa shape index (κ1) is 33.5. The quantitative estimate of drug-likeness (QED) is 0.179. The first-order valence-corrected chi connectivity index (χ1v) is 20.6. The molecule has 0 saturated heterocycles. The van der Waals surface area contributed by atoms with E-state index in [1.54, 1.807) is 0 Å². The normalized spacial score (nSPS) is 16.3. The fourth-order valence-corrected chi connectivity index (χ4v) is 11.0. The predicted octanol–water partition coefficient (Wildman–Crippen LogP) is 15.1. The minimum atomic E-state index is -0.265. The minimum absolute atomic E-state index is 0.131. The average Bonchev–Trinajstić information content (AvgIpc) is 3.61.